The first-order valence-corrected chi connectivity index (χ1v) is 8.83. The highest BCUT2D eigenvalue weighted by Gasteiger charge is 2.25. The van der Waals surface area contributed by atoms with Crippen LogP contribution in [0.4, 0.5) is 22.0 Å². The van der Waals surface area contributed by atoms with Crippen LogP contribution in [0.25, 0.3) is 0 Å². The molecule has 1 aliphatic carbocycles. The molecule has 6 nitrogen and oxygen atoms in total. The number of aromatic amines is 1. The SMILES string of the molecule is C[C@H](Nc1nc(Cl)cc(Nc2cc(C3CC3)[nH]n2)n1)c1ccc(F)cc1. The third-order valence-electron chi connectivity index (χ3n) is 4.28. The summed E-state index contributed by atoms with van der Waals surface area (Å²) < 4.78 is 13.1. The number of hydrogen-bond acceptors (Lipinski definition) is 5. The van der Waals surface area contributed by atoms with Crippen molar-refractivity contribution in [2.45, 2.75) is 31.7 Å². The molecule has 0 bridgehead atoms. The Morgan fingerprint density at radius 3 is 2.65 bits per heavy atom. The van der Waals surface area contributed by atoms with Crippen LogP contribution < -0.4 is 10.6 Å². The molecule has 8 heteroatoms. The van der Waals surface area contributed by atoms with Crippen molar-refractivity contribution in [3.05, 3.63) is 58.6 Å². The monoisotopic (exact) mass is 372 g/mol. The zero-order chi connectivity index (χ0) is 18.1. The number of halogens is 2. The first-order chi connectivity index (χ1) is 12.6. The lowest BCUT2D eigenvalue weighted by molar-refractivity contribution is 0.626. The second-order valence-electron chi connectivity index (χ2n) is 6.42. The van der Waals surface area contributed by atoms with E-state index in [9.17, 15) is 4.39 Å². The summed E-state index contributed by atoms with van der Waals surface area (Å²) in [4.78, 5) is 8.64. The minimum atomic E-state index is -0.268. The van der Waals surface area contributed by atoms with E-state index in [1.807, 2.05) is 13.0 Å². The fourth-order valence-corrected chi connectivity index (χ4v) is 2.89. The number of nitrogens with zero attached hydrogens (tertiary/aromatic N) is 3. The number of rotatable bonds is 6. The van der Waals surface area contributed by atoms with Gasteiger partial charge in [-0.05, 0) is 37.5 Å². The molecule has 0 amide bonds. The number of H-pyrrole nitrogens is 1. The van der Waals surface area contributed by atoms with Gasteiger partial charge in [-0.25, -0.2) is 9.37 Å². The van der Waals surface area contributed by atoms with E-state index in [2.05, 4.69) is 30.8 Å². The van der Waals surface area contributed by atoms with E-state index in [0.29, 0.717) is 28.7 Å². The van der Waals surface area contributed by atoms with Crippen LogP contribution in [-0.4, -0.2) is 20.2 Å². The first kappa shape index (κ1) is 16.8. The van der Waals surface area contributed by atoms with E-state index in [4.69, 9.17) is 11.6 Å². The van der Waals surface area contributed by atoms with Crippen molar-refractivity contribution in [2.75, 3.05) is 10.6 Å². The molecule has 0 spiro atoms. The van der Waals surface area contributed by atoms with Gasteiger partial charge in [-0.2, -0.15) is 10.1 Å². The molecular formula is C18H18ClFN6. The predicted molar refractivity (Wildman–Crippen MR) is 99.3 cm³/mol. The summed E-state index contributed by atoms with van der Waals surface area (Å²) in [7, 11) is 0. The summed E-state index contributed by atoms with van der Waals surface area (Å²) in [5, 5.41) is 13.9. The lowest BCUT2D eigenvalue weighted by Crippen LogP contribution is -2.10. The van der Waals surface area contributed by atoms with Gasteiger partial charge >= 0.3 is 0 Å². The Labute approximate surface area is 155 Å². The van der Waals surface area contributed by atoms with Crippen molar-refractivity contribution >= 4 is 29.2 Å². The molecule has 3 aromatic rings. The van der Waals surface area contributed by atoms with Gasteiger partial charge in [-0.3, -0.25) is 5.10 Å². The predicted octanol–water partition coefficient (Wildman–Crippen LogP) is 4.79. The molecule has 26 heavy (non-hydrogen) atoms. The lowest BCUT2D eigenvalue weighted by atomic mass is 10.1. The van der Waals surface area contributed by atoms with E-state index >= 15 is 0 Å². The summed E-state index contributed by atoms with van der Waals surface area (Å²) in [6, 6.07) is 9.82. The molecule has 1 fully saturated rings. The van der Waals surface area contributed by atoms with Crippen LogP contribution in [0.5, 0.6) is 0 Å². The first-order valence-electron chi connectivity index (χ1n) is 8.46. The third kappa shape index (κ3) is 3.94. The van der Waals surface area contributed by atoms with E-state index < -0.39 is 0 Å². The van der Waals surface area contributed by atoms with Gasteiger partial charge in [0.15, 0.2) is 5.82 Å². The van der Waals surface area contributed by atoms with Gasteiger partial charge in [0.05, 0.1) is 6.04 Å². The van der Waals surface area contributed by atoms with Gasteiger partial charge in [0.1, 0.15) is 16.8 Å². The normalized spacial score (nSPS) is 14.9. The second kappa shape index (κ2) is 6.92. The van der Waals surface area contributed by atoms with Crippen LogP contribution >= 0.6 is 11.6 Å². The minimum absolute atomic E-state index is 0.103. The quantitative estimate of drug-likeness (QED) is 0.542. The molecular weight excluding hydrogens is 355 g/mol. The Kier molecular flexibility index (Phi) is 4.46. The molecule has 0 radical (unpaired) electrons. The summed E-state index contributed by atoms with van der Waals surface area (Å²) >= 11 is 6.12. The molecule has 0 unspecified atom stereocenters. The smallest absolute Gasteiger partial charge is 0.226 e. The lowest BCUT2D eigenvalue weighted by Gasteiger charge is -2.15. The summed E-state index contributed by atoms with van der Waals surface area (Å²) in [6.45, 7) is 1.94. The maximum atomic E-state index is 13.1. The maximum Gasteiger partial charge on any atom is 0.226 e. The second-order valence-corrected chi connectivity index (χ2v) is 6.81. The standard InChI is InChI=1S/C18H18ClFN6/c1-10(11-4-6-13(20)7-5-11)21-18-22-15(19)9-16(24-18)23-17-8-14(25-26-17)12-2-3-12/h4-10,12H,2-3H2,1H3,(H3,21,22,23,24,25,26)/t10-/m0/s1. The number of benzene rings is 1. The molecule has 1 atom stereocenters. The van der Waals surface area contributed by atoms with Gasteiger partial charge in [-0.15, -0.1) is 0 Å². The molecule has 134 valence electrons. The Morgan fingerprint density at radius 2 is 1.92 bits per heavy atom. The summed E-state index contributed by atoms with van der Waals surface area (Å²) in [5.74, 6) is 1.96. The van der Waals surface area contributed by atoms with E-state index in [-0.39, 0.29) is 11.9 Å². The molecule has 1 aliphatic rings. The topological polar surface area (TPSA) is 78.5 Å². The summed E-state index contributed by atoms with van der Waals surface area (Å²) in [5.41, 5.74) is 2.06. The molecule has 1 aromatic carbocycles. The zero-order valence-corrected chi connectivity index (χ0v) is 14.9. The van der Waals surface area contributed by atoms with Gasteiger partial charge in [0.2, 0.25) is 5.95 Å². The molecule has 2 aromatic heterocycles. The van der Waals surface area contributed by atoms with Crippen LogP contribution in [0.2, 0.25) is 5.15 Å². The zero-order valence-electron chi connectivity index (χ0n) is 14.1. The largest absolute Gasteiger partial charge is 0.348 e. The van der Waals surface area contributed by atoms with E-state index in [1.165, 1.54) is 25.0 Å². The van der Waals surface area contributed by atoms with Crippen molar-refractivity contribution in [1.82, 2.24) is 20.2 Å². The fourth-order valence-electron chi connectivity index (χ4n) is 2.71. The highest BCUT2D eigenvalue weighted by molar-refractivity contribution is 6.29. The van der Waals surface area contributed by atoms with Gasteiger partial charge < -0.3 is 10.6 Å². The fraction of sp³-hybridized carbons (Fsp3) is 0.278. The van der Waals surface area contributed by atoms with Gasteiger partial charge in [0, 0.05) is 23.7 Å². The molecule has 2 heterocycles. The molecule has 0 aliphatic heterocycles. The van der Waals surface area contributed by atoms with Crippen LogP contribution in [-0.2, 0) is 0 Å². The highest BCUT2D eigenvalue weighted by Crippen LogP contribution is 2.39. The minimum Gasteiger partial charge on any atom is -0.348 e. The van der Waals surface area contributed by atoms with Crippen LogP contribution in [0.15, 0.2) is 36.4 Å². The maximum absolute atomic E-state index is 13.1. The van der Waals surface area contributed by atoms with Crippen molar-refractivity contribution < 1.29 is 4.39 Å². The van der Waals surface area contributed by atoms with Crippen molar-refractivity contribution in [3.8, 4) is 0 Å². The highest BCUT2D eigenvalue weighted by atomic mass is 35.5. The van der Waals surface area contributed by atoms with Crippen LogP contribution in [0.1, 0.15) is 43.0 Å². The molecule has 3 N–H and O–H groups in total. The summed E-state index contributed by atoms with van der Waals surface area (Å²) in [6.07, 6.45) is 2.41. The Morgan fingerprint density at radius 1 is 1.15 bits per heavy atom. The van der Waals surface area contributed by atoms with E-state index in [0.717, 1.165) is 11.3 Å². The molecule has 4 rings (SSSR count). The Hall–Kier alpha value is -2.67. The third-order valence-corrected chi connectivity index (χ3v) is 4.48. The Bertz CT molecular complexity index is 906. The van der Waals surface area contributed by atoms with E-state index in [1.54, 1.807) is 18.2 Å². The number of nitrogens with one attached hydrogen (secondary N) is 3. The van der Waals surface area contributed by atoms with Crippen LogP contribution in [0.3, 0.4) is 0 Å². The average molecular weight is 373 g/mol. The Balaban J connectivity index is 1.48. The number of aromatic nitrogens is 4. The molecule has 1 saturated carbocycles. The van der Waals surface area contributed by atoms with Crippen LogP contribution in [0, 0.1) is 5.82 Å². The van der Waals surface area contributed by atoms with Crippen molar-refractivity contribution in [2.24, 2.45) is 0 Å². The average Bonchev–Trinajstić information content (AvgIpc) is 3.35. The van der Waals surface area contributed by atoms with Crippen molar-refractivity contribution in [3.63, 3.8) is 0 Å². The van der Waals surface area contributed by atoms with Crippen molar-refractivity contribution in [1.29, 1.82) is 0 Å². The number of hydrogen-bond donors (Lipinski definition) is 3. The molecule has 0 saturated heterocycles. The number of anilines is 3. The van der Waals surface area contributed by atoms with Gasteiger partial charge in [0.25, 0.3) is 0 Å². The van der Waals surface area contributed by atoms with Gasteiger partial charge in [-0.1, -0.05) is 23.7 Å².